The van der Waals surface area contributed by atoms with Crippen molar-refractivity contribution in [3.05, 3.63) is 35.4 Å². The van der Waals surface area contributed by atoms with Gasteiger partial charge in [-0.3, -0.25) is 0 Å². The Morgan fingerprint density at radius 1 is 1.33 bits per heavy atom. The van der Waals surface area contributed by atoms with Gasteiger partial charge in [0.25, 0.3) is 0 Å². The summed E-state index contributed by atoms with van der Waals surface area (Å²) in [5.41, 5.74) is 2.71. The van der Waals surface area contributed by atoms with Crippen molar-refractivity contribution in [1.82, 2.24) is 4.90 Å². The van der Waals surface area contributed by atoms with Crippen LogP contribution in [-0.2, 0) is 12.3 Å². The lowest BCUT2D eigenvalue weighted by Gasteiger charge is -2.11. The predicted octanol–water partition coefficient (Wildman–Crippen LogP) is 3.57. The maximum Gasteiger partial charge on any atom is 0.0764 e. The highest BCUT2D eigenvalue weighted by Crippen LogP contribution is 2.20. The Morgan fingerprint density at radius 3 is 2.60 bits per heavy atom. The van der Waals surface area contributed by atoms with Gasteiger partial charge < -0.3 is 4.90 Å². The van der Waals surface area contributed by atoms with Crippen LogP contribution in [0.3, 0.4) is 0 Å². The lowest BCUT2D eigenvalue weighted by atomic mass is 10.1. The van der Waals surface area contributed by atoms with Crippen LogP contribution in [0.1, 0.15) is 18.1 Å². The Bertz CT molecular complexity index is 299. The molecule has 1 nitrogen and oxygen atoms in total. The third kappa shape index (κ3) is 5.45. The number of benzene rings is 1. The molecule has 0 fully saturated rings. The molecule has 0 aliphatic heterocycles. The van der Waals surface area contributed by atoms with Crippen molar-refractivity contribution in [2.45, 2.75) is 23.9 Å². The molecule has 0 bridgehead atoms. The highest BCUT2D eigenvalue weighted by atomic mass is 35.5. The summed E-state index contributed by atoms with van der Waals surface area (Å²) >= 11 is 7.67. The summed E-state index contributed by atoms with van der Waals surface area (Å²) in [6.45, 7) is 3.00. The maximum atomic E-state index is 5.91. The van der Waals surface area contributed by atoms with Crippen LogP contribution >= 0.6 is 23.4 Å². The van der Waals surface area contributed by atoms with Crippen molar-refractivity contribution >= 4 is 23.4 Å². The Balaban J connectivity index is 2.57. The van der Waals surface area contributed by atoms with Gasteiger partial charge in [-0.2, -0.15) is 0 Å². The molecule has 0 aromatic heterocycles. The van der Waals surface area contributed by atoms with Crippen LogP contribution in [0.25, 0.3) is 0 Å². The molecule has 0 radical (unpaired) electrons. The van der Waals surface area contributed by atoms with Gasteiger partial charge in [-0.25, -0.2) is 0 Å². The fourth-order valence-corrected chi connectivity index (χ4v) is 2.18. The van der Waals surface area contributed by atoms with Crippen molar-refractivity contribution in [3.63, 3.8) is 0 Å². The SMILES string of the molecule is CC(Cl)SCc1cccc(CN(C)C)c1. The summed E-state index contributed by atoms with van der Waals surface area (Å²) in [6.07, 6.45) is 0. The molecule has 0 saturated carbocycles. The van der Waals surface area contributed by atoms with Crippen molar-refractivity contribution in [1.29, 1.82) is 0 Å². The molecule has 1 unspecified atom stereocenters. The zero-order chi connectivity index (χ0) is 11.3. The van der Waals surface area contributed by atoms with Crippen LogP contribution in [0.2, 0.25) is 0 Å². The summed E-state index contributed by atoms with van der Waals surface area (Å²) in [6, 6.07) is 8.70. The molecule has 3 heteroatoms. The summed E-state index contributed by atoms with van der Waals surface area (Å²) in [5.74, 6) is 0.992. The number of alkyl halides is 1. The highest BCUT2D eigenvalue weighted by molar-refractivity contribution is 8.00. The van der Waals surface area contributed by atoms with E-state index in [1.54, 1.807) is 11.8 Å². The second-order valence-corrected chi connectivity index (χ2v) is 6.15. The average Bonchev–Trinajstić information content (AvgIpc) is 2.14. The molecule has 0 heterocycles. The van der Waals surface area contributed by atoms with E-state index in [1.807, 2.05) is 6.92 Å². The normalized spacial score (nSPS) is 13.1. The third-order valence-electron chi connectivity index (χ3n) is 1.97. The van der Waals surface area contributed by atoms with Crippen LogP contribution in [-0.4, -0.2) is 23.7 Å². The Kier molecular flexibility index (Phi) is 5.51. The van der Waals surface area contributed by atoms with E-state index < -0.39 is 0 Å². The third-order valence-corrected chi connectivity index (χ3v) is 3.31. The molecule has 1 rings (SSSR count). The molecule has 1 aromatic carbocycles. The predicted molar refractivity (Wildman–Crippen MR) is 70.4 cm³/mol. The molecular formula is C12H18ClNS. The first-order valence-corrected chi connectivity index (χ1v) is 6.54. The van der Waals surface area contributed by atoms with Gasteiger partial charge in [0.1, 0.15) is 0 Å². The largest absolute Gasteiger partial charge is 0.305 e. The Morgan fingerprint density at radius 2 is 2.00 bits per heavy atom. The minimum absolute atomic E-state index is 0.183. The van der Waals surface area contributed by atoms with Crippen LogP contribution in [0.15, 0.2) is 24.3 Å². The fraction of sp³-hybridized carbons (Fsp3) is 0.500. The lowest BCUT2D eigenvalue weighted by molar-refractivity contribution is 0.402. The molecular weight excluding hydrogens is 226 g/mol. The molecule has 0 N–H and O–H groups in total. The number of rotatable bonds is 5. The zero-order valence-electron chi connectivity index (χ0n) is 9.53. The van der Waals surface area contributed by atoms with Crippen LogP contribution in [0.4, 0.5) is 0 Å². The van der Waals surface area contributed by atoms with Crippen molar-refractivity contribution in [3.8, 4) is 0 Å². The number of hydrogen-bond donors (Lipinski definition) is 0. The second-order valence-electron chi connectivity index (χ2n) is 3.91. The van der Waals surface area contributed by atoms with Crippen molar-refractivity contribution < 1.29 is 0 Å². The molecule has 0 amide bonds. The van der Waals surface area contributed by atoms with E-state index in [9.17, 15) is 0 Å². The topological polar surface area (TPSA) is 3.24 Å². The molecule has 0 saturated heterocycles. The van der Waals surface area contributed by atoms with E-state index in [1.165, 1.54) is 11.1 Å². The van der Waals surface area contributed by atoms with E-state index in [0.717, 1.165) is 12.3 Å². The Hall–Kier alpha value is -0.180. The zero-order valence-corrected chi connectivity index (χ0v) is 11.1. The Labute approximate surface area is 102 Å². The summed E-state index contributed by atoms with van der Waals surface area (Å²) in [5, 5.41) is 0. The highest BCUT2D eigenvalue weighted by Gasteiger charge is 2.00. The smallest absolute Gasteiger partial charge is 0.0764 e. The maximum absolute atomic E-state index is 5.91. The van der Waals surface area contributed by atoms with E-state index in [4.69, 9.17) is 11.6 Å². The molecule has 0 aliphatic rings. The monoisotopic (exact) mass is 243 g/mol. The summed E-state index contributed by atoms with van der Waals surface area (Å²) in [4.78, 5) is 2.18. The first-order chi connectivity index (χ1) is 7.08. The van der Waals surface area contributed by atoms with Gasteiger partial charge in [-0.1, -0.05) is 24.3 Å². The van der Waals surface area contributed by atoms with Crippen molar-refractivity contribution in [2.24, 2.45) is 0 Å². The van der Waals surface area contributed by atoms with Gasteiger partial charge in [-0.05, 0) is 32.1 Å². The summed E-state index contributed by atoms with van der Waals surface area (Å²) in [7, 11) is 4.17. The molecule has 15 heavy (non-hydrogen) atoms. The number of halogens is 1. The number of thioether (sulfide) groups is 1. The number of nitrogens with zero attached hydrogens (tertiary/aromatic N) is 1. The average molecular weight is 244 g/mol. The molecule has 1 atom stereocenters. The molecule has 0 spiro atoms. The van der Waals surface area contributed by atoms with Gasteiger partial charge in [0.05, 0.1) is 4.71 Å². The second kappa shape index (κ2) is 6.41. The van der Waals surface area contributed by atoms with E-state index in [-0.39, 0.29) is 4.71 Å². The van der Waals surface area contributed by atoms with E-state index in [2.05, 4.69) is 43.3 Å². The summed E-state index contributed by atoms with van der Waals surface area (Å²) < 4.78 is 0.183. The molecule has 0 aliphatic carbocycles. The van der Waals surface area contributed by atoms with Gasteiger partial charge in [0, 0.05) is 12.3 Å². The first-order valence-electron chi connectivity index (χ1n) is 5.06. The molecule has 84 valence electrons. The van der Waals surface area contributed by atoms with Crippen LogP contribution in [0.5, 0.6) is 0 Å². The van der Waals surface area contributed by atoms with Crippen molar-refractivity contribution in [2.75, 3.05) is 14.1 Å². The number of hydrogen-bond acceptors (Lipinski definition) is 2. The lowest BCUT2D eigenvalue weighted by Crippen LogP contribution is -2.10. The minimum atomic E-state index is 0.183. The van der Waals surface area contributed by atoms with Gasteiger partial charge in [0.15, 0.2) is 0 Å². The standard InChI is InChI=1S/C12H18ClNS/c1-10(13)15-9-12-6-4-5-11(7-12)8-14(2)3/h4-7,10H,8-9H2,1-3H3. The van der Waals surface area contributed by atoms with Crippen LogP contribution < -0.4 is 0 Å². The molecule has 1 aromatic rings. The van der Waals surface area contributed by atoms with E-state index >= 15 is 0 Å². The first kappa shape index (κ1) is 12.9. The van der Waals surface area contributed by atoms with Gasteiger partial charge >= 0.3 is 0 Å². The van der Waals surface area contributed by atoms with Gasteiger partial charge in [-0.15, -0.1) is 23.4 Å². The quantitative estimate of drug-likeness (QED) is 0.728. The van der Waals surface area contributed by atoms with E-state index in [0.29, 0.717) is 0 Å². The minimum Gasteiger partial charge on any atom is -0.305 e. The fourth-order valence-electron chi connectivity index (χ4n) is 1.39. The van der Waals surface area contributed by atoms with Gasteiger partial charge in [0.2, 0.25) is 0 Å². The van der Waals surface area contributed by atoms with Crippen LogP contribution in [0, 0.1) is 0 Å².